The Bertz CT molecular complexity index is 1310. The van der Waals surface area contributed by atoms with E-state index in [-0.39, 0.29) is 17.3 Å². The first-order chi connectivity index (χ1) is 16.5. The highest BCUT2D eigenvalue weighted by molar-refractivity contribution is 8.18. The lowest BCUT2D eigenvalue weighted by Gasteiger charge is -2.36. The molecule has 34 heavy (non-hydrogen) atoms. The third kappa shape index (κ3) is 4.52. The molecule has 8 nitrogen and oxygen atoms in total. The number of anilines is 1. The Kier molecular flexibility index (Phi) is 6.27. The van der Waals surface area contributed by atoms with Crippen LogP contribution in [0.15, 0.2) is 47.5 Å². The summed E-state index contributed by atoms with van der Waals surface area (Å²) < 4.78 is 15.2. The Hall–Kier alpha value is -3.34. The molecule has 0 aliphatic carbocycles. The molecule has 174 valence electrons. The molecule has 0 saturated carbocycles. The summed E-state index contributed by atoms with van der Waals surface area (Å²) in [6.07, 6.45) is 3.21. The molecular formula is C24H22FN5O3S. The molecule has 2 aliphatic heterocycles. The number of thioether (sulfide) groups is 1. The van der Waals surface area contributed by atoms with Crippen molar-refractivity contribution in [1.82, 2.24) is 20.2 Å². The van der Waals surface area contributed by atoms with E-state index in [1.165, 1.54) is 6.07 Å². The van der Waals surface area contributed by atoms with E-state index in [1.54, 1.807) is 36.5 Å². The van der Waals surface area contributed by atoms with Crippen LogP contribution < -0.4 is 10.2 Å². The Balaban J connectivity index is 1.45. The van der Waals surface area contributed by atoms with E-state index in [9.17, 15) is 9.59 Å². The van der Waals surface area contributed by atoms with E-state index in [2.05, 4.69) is 20.2 Å². The molecule has 2 aliphatic rings. The average molecular weight is 480 g/mol. The van der Waals surface area contributed by atoms with Gasteiger partial charge in [-0.25, -0.2) is 9.37 Å². The number of rotatable bonds is 5. The summed E-state index contributed by atoms with van der Waals surface area (Å²) >= 11 is 0.831. The summed E-state index contributed by atoms with van der Waals surface area (Å²) in [6.45, 7) is 3.71. The van der Waals surface area contributed by atoms with Crippen LogP contribution in [-0.4, -0.2) is 70.5 Å². The van der Waals surface area contributed by atoms with E-state index >= 15 is 4.39 Å². The lowest BCUT2D eigenvalue weighted by atomic mass is 10.0. The highest BCUT2D eigenvalue weighted by Crippen LogP contribution is 2.31. The SMILES string of the molecule is O=C1NC(=O)C(=Cc2ccc3nccc(-c4ccc(N5CCN(CCO)CC5)c(F)c4)c3n2)S1. The first-order valence-corrected chi connectivity index (χ1v) is 11.7. The summed E-state index contributed by atoms with van der Waals surface area (Å²) in [4.78, 5) is 36.8. The second-order valence-electron chi connectivity index (χ2n) is 8.03. The van der Waals surface area contributed by atoms with Gasteiger partial charge in [0.2, 0.25) is 0 Å². The van der Waals surface area contributed by atoms with Crippen LogP contribution in [0.4, 0.5) is 14.9 Å². The molecule has 3 aromatic rings. The lowest BCUT2D eigenvalue weighted by Crippen LogP contribution is -2.47. The number of aliphatic hydroxyl groups excluding tert-OH is 1. The molecule has 2 saturated heterocycles. The summed E-state index contributed by atoms with van der Waals surface area (Å²) in [7, 11) is 0. The number of aromatic nitrogens is 2. The molecule has 0 radical (unpaired) electrons. The number of carbonyl (C=O) groups excluding carboxylic acids is 2. The number of aliphatic hydroxyl groups is 1. The molecule has 10 heteroatoms. The maximum atomic E-state index is 15.2. The molecular weight excluding hydrogens is 457 g/mol. The molecule has 2 fully saturated rings. The number of nitrogens with zero attached hydrogens (tertiary/aromatic N) is 4. The van der Waals surface area contributed by atoms with Crippen molar-refractivity contribution >= 4 is 45.7 Å². The monoisotopic (exact) mass is 479 g/mol. The number of halogens is 1. The van der Waals surface area contributed by atoms with Crippen LogP contribution in [0.5, 0.6) is 0 Å². The van der Waals surface area contributed by atoms with Gasteiger partial charge in [-0.15, -0.1) is 0 Å². The van der Waals surface area contributed by atoms with E-state index in [4.69, 9.17) is 5.11 Å². The van der Waals surface area contributed by atoms with Crippen LogP contribution in [-0.2, 0) is 4.79 Å². The molecule has 2 aromatic heterocycles. The smallest absolute Gasteiger partial charge is 0.290 e. The van der Waals surface area contributed by atoms with Gasteiger partial charge in [-0.1, -0.05) is 6.07 Å². The molecule has 0 spiro atoms. The van der Waals surface area contributed by atoms with Crippen molar-refractivity contribution in [1.29, 1.82) is 0 Å². The first kappa shape index (κ1) is 22.5. The van der Waals surface area contributed by atoms with Crippen molar-refractivity contribution in [3.63, 3.8) is 0 Å². The van der Waals surface area contributed by atoms with Crippen molar-refractivity contribution in [2.24, 2.45) is 0 Å². The summed E-state index contributed by atoms with van der Waals surface area (Å²) in [5.41, 5.74) is 3.68. The number of amides is 2. The van der Waals surface area contributed by atoms with Gasteiger partial charge < -0.3 is 10.0 Å². The van der Waals surface area contributed by atoms with Gasteiger partial charge in [0.1, 0.15) is 5.82 Å². The summed E-state index contributed by atoms with van der Waals surface area (Å²) in [6, 6.07) is 10.5. The fourth-order valence-electron chi connectivity index (χ4n) is 4.19. The van der Waals surface area contributed by atoms with Crippen LogP contribution in [0.25, 0.3) is 28.2 Å². The topological polar surface area (TPSA) is 98.7 Å². The van der Waals surface area contributed by atoms with E-state index in [0.717, 1.165) is 30.4 Å². The number of β-amino-alcohol motifs (C(OH)–C–C–N with tert-alkyl or cyclic N) is 1. The second kappa shape index (κ2) is 9.49. The molecule has 5 rings (SSSR count). The van der Waals surface area contributed by atoms with Crippen molar-refractivity contribution < 1.29 is 19.1 Å². The maximum Gasteiger partial charge on any atom is 0.290 e. The number of pyridine rings is 2. The van der Waals surface area contributed by atoms with Crippen LogP contribution in [0.3, 0.4) is 0 Å². The highest BCUT2D eigenvalue weighted by atomic mass is 32.2. The first-order valence-electron chi connectivity index (χ1n) is 10.9. The predicted octanol–water partition coefficient (Wildman–Crippen LogP) is 2.87. The third-order valence-electron chi connectivity index (χ3n) is 5.91. The fraction of sp³-hybridized carbons (Fsp3) is 0.250. The van der Waals surface area contributed by atoms with Gasteiger partial charge in [0.25, 0.3) is 11.1 Å². The average Bonchev–Trinajstić information content (AvgIpc) is 3.15. The maximum absolute atomic E-state index is 15.2. The van der Waals surface area contributed by atoms with Crippen LogP contribution in [0.2, 0.25) is 0 Å². The number of imide groups is 1. The standard InChI is InChI=1S/C24H22FN5O3S/c25-18-13-15(1-4-20(18)30-9-7-29(8-10-30)11-12-31)17-5-6-26-19-3-2-16(27-22(17)19)14-21-23(32)28-24(33)34-21/h1-6,13-14,31H,7-12H2,(H,28,32,33). The van der Waals surface area contributed by atoms with Gasteiger partial charge in [-0.2, -0.15) is 0 Å². The summed E-state index contributed by atoms with van der Waals surface area (Å²) in [5.74, 6) is -0.757. The lowest BCUT2D eigenvalue weighted by molar-refractivity contribution is -0.115. The van der Waals surface area contributed by atoms with Crippen molar-refractivity contribution in [3.8, 4) is 11.1 Å². The van der Waals surface area contributed by atoms with Gasteiger partial charge in [-0.05, 0) is 53.7 Å². The Morgan fingerprint density at radius 3 is 2.65 bits per heavy atom. The van der Waals surface area contributed by atoms with Crippen molar-refractivity contribution in [3.05, 3.63) is 59.0 Å². The van der Waals surface area contributed by atoms with Crippen LogP contribution >= 0.6 is 11.8 Å². The molecule has 2 N–H and O–H groups in total. The largest absolute Gasteiger partial charge is 0.395 e. The molecule has 0 bridgehead atoms. The normalized spacial score (nSPS) is 18.2. The second-order valence-corrected chi connectivity index (χ2v) is 9.05. The number of benzene rings is 1. The Labute approximate surface area is 199 Å². The van der Waals surface area contributed by atoms with Crippen molar-refractivity contribution in [2.45, 2.75) is 0 Å². The van der Waals surface area contributed by atoms with Crippen LogP contribution in [0.1, 0.15) is 5.69 Å². The number of nitrogens with one attached hydrogen (secondary N) is 1. The molecule has 2 amide bonds. The van der Waals surface area contributed by atoms with E-state index in [1.807, 2.05) is 11.0 Å². The predicted molar refractivity (Wildman–Crippen MR) is 130 cm³/mol. The molecule has 4 heterocycles. The van der Waals surface area contributed by atoms with Crippen LogP contribution in [0, 0.1) is 5.82 Å². The van der Waals surface area contributed by atoms with E-state index < -0.39 is 11.1 Å². The number of hydrogen-bond acceptors (Lipinski definition) is 8. The minimum absolute atomic E-state index is 0.125. The van der Waals surface area contributed by atoms with Gasteiger partial charge in [0, 0.05) is 44.5 Å². The number of hydrogen-bond donors (Lipinski definition) is 2. The third-order valence-corrected chi connectivity index (χ3v) is 6.72. The van der Waals surface area contributed by atoms with Gasteiger partial charge in [0.15, 0.2) is 0 Å². The minimum Gasteiger partial charge on any atom is -0.395 e. The molecule has 0 unspecified atom stereocenters. The highest BCUT2D eigenvalue weighted by Gasteiger charge is 2.25. The zero-order chi connectivity index (χ0) is 23.7. The zero-order valence-electron chi connectivity index (χ0n) is 18.2. The van der Waals surface area contributed by atoms with E-state index in [0.29, 0.717) is 47.6 Å². The zero-order valence-corrected chi connectivity index (χ0v) is 19.0. The number of piperazine rings is 1. The van der Waals surface area contributed by atoms with Crippen molar-refractivity contribution in [2.75, 3.05) is 44.2 Å². The van der Waals surface area contributed by atoms with Gasteiger partial charge in [0.05, 0.1) is 33.9 Å². The summed E-state index contributed by atoms with van der Waals surface area (Å²) in [5, 5.41) is 10.9. The fourth-order valence-corrected chi connectivity index (χ4v) is 4.86. The number of fused-ring (bicyclic) bond motifs is 1. The van der Waals surface area contributed by atoms with Gasteiger partial charge >= 0.3 is 0 Å². The Morgan fingerprint density at radius 1 is 1.12 bits per heavy atom. The quantitative estimate of drug-likeness (QED) is 0.539. The molecule has 0 atom stereocenters. The Morgan fingerprint density at radius 2 is 1.94 bits per heavy atom. The van der Waals surface area contributed by atoms with Gasteiger partial charge in [-0.3, -0.25) is 24.8 Å². The number of carbonyl (C=O) groups is 2. The minimum atomic E-state index is -0.446. The molecule has 1 aromatic carbocycles.